The number of ether oxygens (including phenoxy) is 2. The zero-order chi connectivity index (χ0) is 24.2. The number of carbonyl (C=O) groups is 3. The van der Waals surface area contributed by atoms with Gasteiger partial charge in [0.15, 0.2) is 11.5 Å². The fourth-order valence-electron chi connectivity index (χ4n) is 3.23. The molecular formula is C25H17ClINO5S. The van der Waals surface area contributed by atoms with Crippen LogP contribution in [0.5, 0.6) is 11.5 Å². The highest BCUT2D eigenvalue weighted by atomic mass is 127. The minimum absolute atomic E-state index is 0.0942. The van der Waals surface area contributed by atoms with E-state index in [0.717, 1.165) is 16.7 Å². The Kier molecular flexibility index (Phi) is 7.60. The molecule has 0 saturated carbocycles. The van der Waals surface area contributed by atoms with Crippen LogP contribution in [0, 0.1) is 3.57 Å². The molecule has 0 atom stereocenters. The lowest BCUT2D eigenvalue weighted by Gasteiger charge is -2.13. The Balaban J connectivity index is 1.57. The normalized spacial score (nSPS) is 14.6. The third-order valence-electron chi connectivity index (χ3n) is 4.91. The van der Waals surface area contributed by atoms with Crippen LogP contribution < -0.4 is 9.47 Å². The third kappa shape index (κ3) is 5.29. The van der Waals surface area contributed by atoms with E-state index in [9.17, 15) is 14.4 Å². The molecule has 2 amide bonds. The molecule has 0 aliphatic carbocycles. The summed E-state index contributed by atoms with van der Waals surface area (Å²) in [6.45, 7) is 0.0942. The zero-order valence-electron chi connectivity index (χ0n) is 17.8. The standard InChI is InChI=1S/C25H17ClINO5S/c1-32-20-12-15(11-19(27)22(20)33-24(30)16-7-3-2-4-8-16)13-21-23(29)28(25(31)34-21)14-17-9-5-6-10-18(17)26/h2-13H,14H2,1H3/b21-13-. The van der Waals surface area contributed by atoms with Gasteiger partial charge in [0.05, 0.1) is 27.7 Å². The molecule has 3 aromatic rings. The summed E-state index contributed by atoms with van der Waals surface area (Å²) in [6, 6.07) is 19.1. The van der Waals surface area contributed by atoms with Gasteiger partial charge in [-0.3, -0.25) is 14.5 Å². The van der Waals surface area contributed by atoms with Crippen LogP contribution in [0.1, 0.15) is 21.5 Å². The topological polar surface area (TPSA) is 72.9 Å². The average Bonchev–Trinajstić information content (AvgIpc) is 3.09. The Hall–Kier alpha value is -2.82. The van der Waals surface area contributed by atoms with Gasteiger partial charge in [-0.15, -0.1) is 0 Å². The molecule has 0 N–H and O–H groups in total. The van der Waals surface area contributed by atoms with E-state index in [4.69, 9.17) is 21.1 Å². The molecule has 1 aliphatic rings. The molecule has 4 rings (SSSR count). The van der Waals surface area contributed by atoms with E-state index < -0.39 is 11.9 Å². The third-order valence-corrected chi connectivity index (χ3v) is 6.99. The number of carbonyl (C=O) groups excluding carboxylic acids is 3. The molecule has 3 aromatic carbocycles. The SMILES string of the molecule is COc1cc(/C=C2\SC(=O)N(Cc3ccccc3Cl)C2=O)cc(I)c1OC(=O)c1ccccc1. The van der Waals surface area contributed by atoms with E-state index in [1.165, 1.54) is 7.11 Å². The summed E-state index contributed by atoms with van der Waals surface area (Å²) in [5, 5.41) is 0.122. The Labute approximate surface area is 219 Å². The highest BCUT2D eigenvalue weighted by Gasteiger charge is 2.35. The largest absolute Gasteiger partial charge is 0.493 e. The summed E-state index contributed by atoms with van der Waals surface area (Å²) in [7, 11) is 1.46. The number of nitrogens with zero attached hydrogens (tertiary/aromatic N) is 1. The second-order valence-electron chi connectivity index (χ2n) is 7.15. The molecule has 0 bridgehead atoms. The summed E-state index contributed by atoms with van der Waals surface area (Å²) in [5.74, 6) is -0.299. The first kappa shape index (κ1) is 24.3. The van der Waals surface area contributed by atoms with Gasteiger partial charge < -0.3 is 9.47 Å². The lowest BCUT2D eigenvalue weighted by atomic mass is 10.1. The van der Waals surface area contributed by atoms with Crippen molar-refractivity contribution in [2.75, 3.05) is 7.11 Å². The Morgan fingerprint density at radius 1 is 1.09 bits per heavy atom. The van der Waals surface area contributed by atoms with E-state index in [0.29, 0.717) is 31.0 Å². The first-order valence-corrected chi connectivity index (χ1v) is 12.3. The highest BCUT2D eigenvalue weighted by Crippen LogP contribution is 2.38. The quantitative estimate of drug-likeness (QED) is 0.140. The number of imide groups is 1. The molecule has 6 nitrogen and oxygen atoms in total. The average molecular weight is 606 g/mol. The van der Waals surface area contributed by atoms with E-state index in [-0.39, 0.29) is 22.4 Å². The number of hydrogen-bond donors (Lipinski definition) is 0. The Bertz CT molecular complexity index is 1310. The van der Waals surface area contributed by atoms with Crippen molar-refractivity contribution < 1.29 is 23.9 Å². The number of amides is 2. The van der Waals surface area contributed by atoms with Crippen LogP contribution in [0.2, 0.25) is 5.02 Å². The lowest BCUT2D eigenvalue weighted by Crippen LogP contribution is -2.27. The maximum Gasteiger partial charge on any atom is 0.343 e. The number of thioether (sulfide) groups is 1. The predicted octanol–water partition coefficient (Wildman–Crippen LogP) is 6.41. The van der Waals surface area contributed by atoms with Crippen molar-refractivity contribution in [3.05, 3.63) is 96.9 Å². The molecule has 0 radical (unpaired) electrons. The van der Waals surface area contributed by atoms with Gasteiger partial charge in [0, 0.05) is 5.02 Å². The molecule has 0 aromatic heterocycles. The van der Waals surface area contributed by atoms with Crippen LogP contribution in [-0.2, 0) is 11.3 Å². The lowest BCUT2D eigenvalue weighted by molar-refractivity contribution is -0.123. The summed E-state index contributed by atoms with van der Waals surface area (Å²) in [6.07, 6.45) is 1.62. The molecule has 1 saturated heterocycles. The molecule has 1 fully saturated rings. The fraction of sp³-hybridized carbons (Fsp3) is 0.0800. The number of halogens is 2. The summed E-state index contributed by atoms with van der Waals surface area (Å²) in [4.78, 5) is 39.4. The minimum atomic E-state index is -0.509. The van der Waals surface area contributed by atoms with Gasteiger partial charge in [0.2, 0.25) is 0 Å². The van der Waals surface area contributed by atoms with Crippen LogP contribution in [-0.4, -0.2) is 29.1 Å². The van der Waals surface area contributed by atoms with Crippen molar-refractivity contribution in [2.45, 2.75) is 6.54 Å². The Morgan fingerprint density at radius 3 is 2.50 bits per heavy atom. The first-order valence-electron chi connectivity index (χ1n) is 10.0. The van der Waals surface area contributed by atoms with Gasteiger partial charge in [0.25, 0.3) is 11.1 Å². The number of rotatable bonds is 6. The summed E-state index contributed by atoms with van der Waals surface area (Å²) >= 11 is 9.08. The van der Waals surface area contributed by atoms with Crippen molar-refractivity contribution in [3.8, 4) is 11.5 Å². The maximum atomic E-state index is 12.9. The molecule has 0 unspecified atom stereocenters. The van der Waals surface area contributed by atoms with Crippen molar-refractivity contribution in [1.29, 1.82) is 0 Å². The molecule has 0 spiro atoms. The number of methoxy groups -OCH3 is 1. The van der Waals surface area contributed by atoms with Gasteiger partial charge in [0.1, 0.15) is 0 Å². The number of benzene rings is 3. The minimum Gasteiger partial charge on any atom is -0.493 e. The van der Waals surface area contributed by atoms with Crippen molar-refractivity contribution in [1.82, 2.24) is 4.90 Å². The van der Waals surface area contributed by atoms with Gasteiger partial charge in [-0.25, -0.2) is 4.79 Å². The molecule has 9 heteroatoms. The predicted molar refractivity (Wildman–Crippen MR) is 140 cm³/mol. The van der Waals surface area contributed by atoms with Gasteiger partial charge in [-0.1, -0.05) is 48.0 Å². The molecule has 34 heavy (non-hydrogen) atoms. The van der Waals surface area contributed by atoms with Crippen molar-refractivity contribution in [2.24, 2.45) is 0 Å². The fourth-order valence-corrected chi connectivity index (χ4v) is 5.00. The first-order chi connectivity index (χ1) is 16.4. The zero-order valence-corrected chi connectivity index (χ0v) is 21.5. The van der Waals surface area contributed by atoms with Crippen LogP contribution in [0.15, 0.2) is 71.6 Å². The van der Waals surface area contributed by atoms with E-state index >= 15 is 0 Å². The van der Waals surface area contributed by atoms with Gasteiger partial charge in [-0.05, 0) is 81.9 Å². The van der Waals surface area contributed by atoms with Crippen molar-refractivity contribution in [3.63, 3.8) is 0 Å². The second-order valence-corrected chi connectivity index (χ2v) is 9.71. The highest BCUT2D eigenvalue weighted by molar-refractivity contribution is 14.1. The van der Waals surface area contributed by atoms with Crippen LogP contribution in [0.4, 0.5) is 4.79 Å². The molecule has 1 heterocycles. The second kappa shape index (κ2) is 10.6. The molecular weight excluding hydrogens is 589 g/mol. The van der Waals surface area contributed by atoms with Gasteiger partial charge >= 0.3 is 5.97 Å². The monoisotopic (exact) mass is 605 g/mol. The number of hydrogen-bond acceptors (Lipinski definition) is 6. The maximum absolute atomic E-state index is 12.9. The summed E-state index contributed by atoms with van der Waals surface area (Å²) in [5.41, 5.74) is 1.73. The number of esters is 1. The smallest absolute Gasteiger partial charge is 0.343 e. The van der Waals surface area contributed by atoms with Gasteiger partial charge in [-0.2, -0.15) is 0 Å². The van der Waals surface area contributed by atoms with Crippen LogP contribution >= 0.6 is 46.0 Å². The van der Waals surface area contributed by atoms with Crippen LogP contribution in [0.25, 0.3) is 6.08 Å². The summed E-state index contributed by atoms with van der Waals surface area (Å²) < 4.78 is 11.6. The Morgan fingerprint density at radius 2 is 1.79 bits per heavy atom. The van der Waals surface area contributed by atoms with E-state index in [1.807, 2.05) is 28.7 Å². The van der Waals surface area contributed by atoms with Crippen molar-refractivity contribution >= 4 is 69.1 Å². The molecule has 172 valence electrons. The van der Waals surface area contributed by atoms with Crippen LogP contribution in [0.3, 0.4) is 0 Å². The molecule has 1 aliphatic heterocycles. The van der Waals surface area contributed by atoms with E-state index in [2.05, 4.69) is 0 Å². The van der Waals surface area contributed by atoms with E-state index in [1.54, 1.807) is 66.7 Å².